The number of aryl methyl sites for hydroxylation is 1. The molecule has 1 atom stereocenters. The quantitative estimate of drug-likeness (QED) is 0.689. The van der Waals surface area contributed by atoms with Gasteiger partial charge >= 0.3 is 0 Å². The molecule has 0 unspecified atom stereocenters. The first kappa shape index (κ1) is 20.9. The maximum Gasteiger partial charge on any atom is 0.258 e. The lowest BCUT2D eigenvalue weighted by Crippen LogP contribution is -2.41. The molecule has 0 saturated carbocycles. The number of anilines is 1. The molecule has 0 spiro atoms. The normalized spacial score (nSPS) is 17.1. The molecule has 154 valence electrons. The molecule has 0 bridgehead atoms. The molecule has 0 aliphatic carbocycles. The smallest absolute Gasteiger partial charge is 0.258 e. The molecule has 0 saturated heterocycles. The zero-order chi connectivity index (χ0) is 21.0. The molecule has 0 N–H and O–H groups in total. The van der Waals surface area contributed by atoms with Gasteiger partial charge in [-0.1, -0.05) is 17.7 Å². The van der Waals surface area contributed by atoms with Crippen LogP contribution >= 0.6 is 0 Å². The van der Waals surface area contributed by atoms with Crippen LogP contribution in [-0.4, -0.2) is 39.3 Å². The molecule has 3 rings (SSSR count). The Balaban J connectivity index is 2.01. The zero-order valence-corrected chi connectivity index (χ0v) is 17.6. The van der Waals surface area contributed by atoms with Gasteiger partial charge in [0, 0.05) is 16.7 Å². The summed E-state index contributed by atoms with van der Waals surface area (Å²) < 4.78 is 35.2. The summed E-state index contributed by atoms with van der Waals surface area (Å²) >= 11 is 0. The number of carbonyl (C=O) groups excluding carboxylic acids is 1. The average Bonchev–Trinajstić information content (AvgIpc) is 3.04. The van der Waals surface area contributed by atoms with Crippen molar-refractivity contribution in [2.45, 2.75) is 26.8 Å². The van der Waals surface area contributed by atoms with E-state index in [-0.39, 0.29) is 11.7 Å². The second-order valence-electron chi connectivity index (χ2n) is 6.76. The number of amides is 1. The van der Waals surface area contributed by atoms with Crippen molar-refractivity contribution in [2.75, 3.05) is 23.9 Å². The highest BCUT2D eigenvalue weighted by Gasteiger charge is 2.32. The maximum atomic E-state index is 13.5. The van der Waals surface area contributed by atoms with Crippen molar-refractivity contribution in [1.82, 2.24) is 0 Å². The Morgan fingerprint density at radius 1 is 1.03 bits per heavy atom. The van der Waals surface area contributed by atoms with E-state index in [4.69, 9.17) is 9.47 Å². The van der Waals surface area contributed by atoms with E-state index in [0.717, 1.165) is 5.56 Å². The Morgan fingerprint density at radius 3 is 2.28 bits per heavy atom. The monoisotopic (exact) mass is 415 g/mol. The molecule has 1 aliphatic heterocycles. The maximum absolute atomic E-state index is 13.5. The molecule has 0 radical (unpaired) electrons. The summed E-state index contributed by atoms with van der Waals surface area (Å²) in [6.07, 6.45) is 1.56. The lowest BCUT2D eigenvalue weighted by molar-refractivity contribution is 0.0982. The summed E-state index contributed by atoms with van der Waals surface area (Å²) in [6, 6.07) is 11.9. The van der Waals surface area contributed by atoms with E-state index in [1.54, 1.807) is 24.3 Å². The Bertz CT molecular complexity index is 1010. The third kappa shape index (κ3) is 4.79. The third-order valence-electron chi connectivity index (χ3n) is 4.56. The molecule has 2 aromatic rings. The predicted molar refractivity (Wildman–Crippen MR) is 113 cm³/mol. The Labute approximate surface area is 171 Å². The van der Waals surface area contributed by atoms with E-state index in [0.29, 0.717) is 36.0 Å². The third-order valence-corrected chi connectivity index (χ3v) is 5.94. The SMILES string of the molecule is CCOc1ccc(C(=O)N(c2ccc(C)cc2)[C@@H]2C=CS(=O)(=O)C2)cc1OCC. The van der Waals surface area contributed by atoms with Crippen molar-refractivity contribution in [3.8, 4) is 11.5 Å². The topological polar surface area (TPSA) is 72.9 Å². The number of carbonyl (C=O) groups is 1. The van der Waals surface area contributed by atoms with E-state index in [9.17, 15) is 13.2 Å². The first-order valence-corrected chi connectivity index (χ1v) is 11.3. The Hall–Kier alpha value is -2.80. The minimum Gasteiger partial charge on any atom is -0.490 e. The number of hydrogen-bond donors (Lipinski definition) is 0. The molecule has 2 aromatic carbocycles. The van der Waals surface area contributed by atoms with Crippen LogP contribution in [-0.2, 0) is 9.84 Å². The molecule has 7 heteroatoms. The highest BCUT2D eigenvalue weighted by molar-refractivity contribution is 7.94. The van der Waals surface area contributed by atoms with Crippen molar-refractivity contribution in [2.24, 2.45) is 0 Å². The van der Waals surface area contributed by atoms with Gasteiger partial charge in [0.25, 0.3) is 5.91 Å². The van der Waals surface area contributed by atoms with Gasteiger partial charge in [0.05, 0.1) is 25.0 Å². The summed E-state index contributed by atoms with van der Waals surface area (Å²) in [4.78, 5) is 15.0. The van der Waals surface area contributed by atoms with Crippen LogP contribution in [0.1, 0.15) is 29.8 Å². The Kier molecular flexibility index (Phi) is 6.27. The highest BCUT2D eigenvalue weighted by Crippen LogP contribution is 2.31. The fraction of sp³-hybridized carbons (Fsp3) is 0.318. The van der Waals surface area contributed by atoms with Gasteiger partial charge in [0.15, 0.2) is 21.3 Å². The minimum absolute atomic E-state index is 0.137. The van der Waals surface area contributed by atoms with Crippen molar-refractivity contribution in [3.63, 3.8) is 0 Å². The van der Waals surface area contributed by atoms with E-state index in [1.165, 1.54) is 10.3 Å². The highest BCUT2D eigenvalue weighted by atomic mass is 32.2. The largest absolute Gasteiger partial charge is 0.490 e. The van der Waals surface area contributed by atoms with Crippen LogP contribution in [0.3, 0.4) is 0 Å². The van der Waals surface area contributed by atoms with E-state index in [2.05, 4.69) is 0 Å². The van der Waals surface area contributed by atoms with Gasteiger partial charge in [0.1, 0.15) is 0 Å². The lowest BCUT2D eigenvalue weighted by atomic mass is 10.1. The summed E-state index contributed by atoms with van der Waals surface area (Å²) in [5, 5.41) is 1.18. The lowest BCUT2D eigenvalue weighted by Gasteiger charge is -2.28. The van der Waals surface area contributed by atoms with Crippen LogP contribution < -0.4 is 14.4 Å². The summed E-state index contributed by atoms with van der Waals surface area (Å²) in [5.41, 5.74) is 2.09. The van der Waals surface area contributed by atoms with E-state index in [1.807, 2.05) is 45.0 Å². The van der Waals surface area contributed by atoms with Crippen LogP contribution in [0, 0.1) is 6.92 Å². The summed E-state index contributed by atoms with van der Waals surface area (Å²) in [7, 11) is -3.32. The predicted octanol–water partition coefficient (Wildman–Crippen LogP) is 3.75. The van der Waals surface area contributed by atoms with Crippen molar-refractivity contribution in [1.29, 1.82) is 0 Å². The van der Waals surface area contributed by atoms with Crippen LogP contribution in [0.5, 0.6) is 11.5 Å². The fourth-order valence-electron chi connectivity index (χ4n) is 3.21. The van der Waals surface area contributed by atoms with Crippen LogP contribution in [0.4, 0.5) is 5.69 Å². The number of benzene rings is 2. The Morgan fingerprint density at radius 2 is 1.69 bits per heavy atom. The second kappa shape index (κ2) is 8.69. The zero-order valence-electron chi connectivity index (χ0n) is 16.8. The summed E-state index contributed by atoms with van der Waals surface area (Å²) in [6.45, 7) is 6.60. The van der Waals surface area contributed by atoms with E-state index >= 15 is 0 Å². The van der Waals surface area contributed by atoms with Gasteiger partial charge in [-0.3, -0.25) is 4.79 Å². The number of hydrogen-bond acceptors (Lipinski definition) is 5. The van der Waals surface area contributed by atoms with Crippen molar-refractivity contribution in [3.05, 3.63) is 65.1 Å². The van der Waals surface area contributed by atoms with Crippen LogP contribution in [0.25, 0.3) is 0 Å². The second-order valence-corrected chi connectivity index (χ2v) is 8.69. The molecule has 1 aliphatic rings. The molecule has 1 heterocycles. The van der Waals surface area contributed by atoms with Crippen LogP contribution in [0.15, 0.2) is 53.9 Å². The number of nitrogens with zero attached hydrogens (tertiary/aromatic N) is 1. The molecule has 1 amide bonds. The molecule has 6 nitrogen and oxygen atoms in total. The van der Waals surface area contributed by atoms with Gasteiger partial charge in [-0.05, 0) is 57.2 Å². The minimum atomic E-state index is -3.32. The van der Waals surface area contributed by atoms with Crippen molar-refractivity contribution >= 4 is 21.4 Å². The van der Waals surface area contributed by atoms with E-state index < -0.39 is 15.9 Å². The fourth-order valence-corrected chi connectivity index (χ4v) is 4.48. The number of sulfone groups is 1. The van der Waals surface area contributed by atoms with Gasteiger partial charge in [-0.15, -0.1) is 0 Å². The molecule has 29 heavy (non-hydrogen) atoms. The molecular formula is C22H25NO5S. The average molecular weight is 416 g/mol. The molecule has 0 aromatic heterocycles. The molecular weight excluding hydrogens is 390 g/mol. The van der Waals surface area contributed by atoms with Crippen molar-refractivity contribution < 1.29 is 22.7 Å². The molecule has 0 fully saturated rings. The summed E-state index contributed by atoms with van der Waals surface area (Å²) in [5.74, 6) is 0.612. The first-order valence-electron chi connectivity index (χ1n) is 9.55. The van der Waals surface area contributed by atoms with Gasteiger partial charge in [-0.25, -0.2) is 8.42 Å². The van der Waals surface area contributed by atoms with Gasteiger partial charge in [0.2, 0.25) is 0 Å². The number of rotatable bonds is 7. The van der Waals surface area contributed by atoms with Crippen LogP contribution in [0.2, 0.25) is 0 Å². The first-order chi connectivity index (χ1) is 13.8. The van der Waals surface area contributed by atoms with Gasteiger partial charge < -0.3 is 14.4 Å². The van der Waals surface area contributed by atoms with Gasteiger partial charge in [-0.2, -0.15) is 0 Å². The standard InChI is InChI=1S/C22H25NO5S/c1-4-27-20-11-8-17(14-21(20)28-5-2)22(24)23(18-9-6-16(3)7-10-18)19-12-13-29(25,26)15-19/h6-14,19H,4-5,15H2,1-3H3/t19-/m1/s1. The number of ether oxygens (including phenoxy) is 2.